The van der Waals surface area contributed by atoms with Crippen molar-refractivity contribution in [3.05, 3.63) is 40.2 Å². The first-order valence-corrected chi connectivity index (χ1v) is 13.4. The van der Waals surface area contributed by atoms with E-state index in [1.165, 1.54) is 21.7 Å². The second-order valence-corrected chi connectivity index (χ2v) is 12.1. The molecule has 2 aromatic heterocycles. The molecule has 3 heterocycles. The first kappa shape index (κ1) is 23.1. The van der Waals surface area contributed by atoms with Crippen LogP contribution in [0.4, 0.5) is 5.13 Å². The molecule has 1 N–H and O–H groups in total. The van der Waals surface area contributed by atoms with E-state index in [-0.39, 0.29) is 29.1 Å². The number of thiophene rings is 1. The standard InChI is InChI=1S/C20H20ClN3O5S3/c1-2-29-19(26)13-3-4-14-15(11-13)30-20(22-14)23-18(25)12-7-9-24(10-8-12)32(27,28)17-6-5-16(21)31-17/h3-6,11-12H,2,7-10H2,1H3,(H,22,23,25). The fourth-order valence-electron chi connectivity index (χ4n) is 3.45. The van der Waals surface area contributed by atoms with Crippen LogP contribution >= 0.6 is 34.3 Å². The number of hydrogen-bond acceptors (Lipinski definition) is 8. The zero-order valence-electron chi connectivity index (χ0n) is 17.0. The number of sulfonamides is 1. The molecule has 0 radical (unpaired) electrons. The lowest BCUT2D eigenvalue weighted by Gasteiger charge is -2.29. The summed E-state index contributed by atoms with van der Waals surface area (Å²) in [5, 5.41) is 3.27. The number of nitrogens with one attached hydrogen (secondary N) is 1. The zero-order chi connectivity index (χ0) is 22.9. The maximum Gasteiger partial charge on any atom is 0.338 e. The molecule has 0 atom stereocenters. The lowest BCUT2D eigenvalue weighted by molar-refractivity contribution is -0.120. The lowest BCUT2D eigenvalue weighted by atomic mass is 9.97. The van der Waals surface area contributed by atoms with Gasteiger partial charge in [-0.15, -0.1) is 11.3 Å². The lowest BCUT2D eigenvalue weighted by Crippen LogP contribution is -2.41. The van der Waals surface area contributed by atoms with Crippen LogP contribution in [0.2, 0.25) is 4.34 Å². The number of rotatable bonds is 6. The third-order valence-corrected chi connectivity index (χ3v) is 9.63. The predicted octanol–water partition coefficient (Wildman–Crippen LogP) is 4.23. The van der Waals surface area contributed by atoms with Crippen LogP contribution in [0.25, 0.3) is 10.2 Å². The Kier molecular flexibility index (Phi) is 6.82. The van der Waals surface area contributed by atoms with E-state index in [1.54, 1.807) is 31.2 Å². The van der Waals surface area contributed by atoms with Gasteiger partial charge in [0.15, 0.2) is 5.13 Å². The maximum absolute atomic E-state index is 12.7. The number of hydrogen-bond donors (Lipinski definition) is 1. The minimum atomic E-state index is -3.59. The second kappa shape index (κ2) is 9.44. The first-order valence-electron chi connectivity index (χ1n) is 9.92. The van der Waals surface area contributed by atoms with Crippen molar-refractivity contribution in [2.75, 3.05) is 25.0 Å². The largest absolute Gasteiger partial charge is 0.462 e. The summed E-state index contributed by atoms with van der Waals surface area (Å²) in [4.78, 5) is 29.0. The van der Waals surface area contributed by atoms with Gasteiger partial charge in [-0.25, -0.2) is 18.2 Å². The molecular formula is C20H20ClN3O5S3. The Morgan fingerprint density at radius 2 is 1.97 bits per heavy atom. The monoisotopic (exact) mass is 513 g/mol. The Bertz CT molecular complexity index is 1260. The highest BCUT2D eigenvalue weighted by molar-refractivity contribution is 7.91. The fourth-order valence-corrected chi connectivity index (χ4v) is 7.46. The van der Waals surface area contributed by atoms with Crippen molar-refractivity contribution < 1.29 is 22.7 Å². The molecule has 0 bridgehead atoms. The van der Waals surface area contributed by atoms with E-state index in [0.29, 0.717) is 40.0 Å². The smallest absolute Gasteiger partial charge is 0.338 e. The molecule has 32 heavy (non-hydrogen) atoms. The molecular weight excluding hydrogens is 494 g/mol. The second-order valence-electron chi connectivity index (χ2n) is 7.15. The van der Waals surface area contributed by atoms with E-state index >= 15 is 0 Å². The van der Waals surface area contributed by atoms with Crippen molar-refractivity contribution in [2.45, 2.75) is 24.0 Å². The summed E-state index contributed by atoms with van der Waals surface area (Å²) in [5.74, 6) is -0.902. The van der Waals surface area contributed by atoms with Gasteiger partial charge in [0.25, 0.3) is 10.0 Å². The molecule has 12 heteroatoms. The van der Waals surface area contributed by atoms with Crippen molar-refractivity contribution in [3.8, 4) is 0 Å². The molecule has 8 nitrogen and oxygen atoms in total. The molecule has 0 saturated carbocycles. The number of nitrogens with zero attached hydrogens (tertiary/aromatic N) is 2. The van der Waals surface area contributed by atoms with Crippen LogP contribution in [0.1, 0.15) is 30.1 Å². The summed E-state index contributed by atoms with van der Waals surface area (Å²) >= 11 is 8.17. The maximum atomic E-state index is 12.7. The Balaban J connectivity index is 1.38. The summed E-state index contributed by atoms with van der Waals surface area (Å²) in [6, 6.07) is 8.12. The van der Waals surface area contributed by atoms with E-state index < -0.39 is 16.0 Å². The van der Waals surface area contributed by atoms with E-state index in [4.69, 9.17) is 16.3 Å². The molecule has 0 unspecified atom stereocenters. The Morgan fingerprint density at radius 1 is 1.22 bits per heavy atom. The minimum absolute atomic E-state index is 0.189. The summed E-state index contributed by atoms with van der Waals surface area (Å²) in [7, 11) is -3.59. The van der Waals surface area contributed by atoms with Crippen molar-refractivity contribution in [1.82, 2.24) is 9.29 Å². The molecule has 170 valence electrons. The van der Waals surface area contributed by atoms with Gasteiger partial charge in [0, 0.05) is 19.0 Å². The molecule has 1 aliphatic rings. The fraction of sp³-hybridized carbons (Fsp3) is 0.350. The zero-order valence-corrected chi connectivity index (χ0v) is 20.2. The van der Waals surface area contributed by atoms with Crippen molar-refractivity contribution in [1.29, 1.82) is 0 Å². The number of benzene rings is 1. The molecule has 0 spiro atoms. The number of carbonyl (C=O) groups is 2. The summed E-state index contributed by atoms with van der Waals surface area (Å²) in [6.07, 6.45) is 0.837. The number of carbonyl (C=O) groups excluding carboxylic acids is 2. The van der Waals surface area contributed by atoms with Crippen molar-refractivity contribution >= 4 is 71.5 Å². The van der Waals surface area contributed by atoms with E-state index in [9.17, 15) is 18.0 Å². The number of anilines is 1. The van der Waals surface area contributed by atoms with Gasteiger partial charge in [-0.2, -0.15) is 4.31 Å². The predicted molar refractivity (Wildman–Crippen MR) is 125 cm³/mol. The molecule has 0 aliphatic carbocycles. The number of thiazole rings is 1. The quantitative estimate of drug-likeness (QED) is 0.494. The van der Waals surface area contributed by atoms with Gasteiger partial charge in [0.05, 0.1) is 26.7 Å². The highest BCUT2D eigenvalue weighted by Crippen LogP contribution is 2.32. The van der Waals surface area contributed by atoms with Gasteiger partial charge in [-0.1, -0.05) is 22.9 Å². The average Bonchev–Trinajstić information content (AvgIpc) is 3.39. The molecule has 1 amide bonds. The Hall–Kier alpha value is -2.05. The first-order chi connectivity index (χ1) is 15.3. The summed E-state index contributed by atoms with van der Waals surface area (Å²) in [6.45, 7) is 2.56. The molecule has 4 rings (SSSR count). The van der Waals surface area contributed by atoms with Crippen molar-refractivity contribution in [3.63, 3.8) is 0 Å². The van der Waals surface area contributed by atoms with Crippen LogP contribution in [0.5, 0.6) is 0 Å². The SMILES string of the molecule is CCOC(=O)c1ccc2nc(NC(=O)C3CCN(S(=O)(=O)c4ccc(Cl)s4)CC3)sc2c1. The van der Waals surface area contributed by atoms with E-state index in [0.717, 1.165) is 16.0 Å². The number of amides is 1. The van der Waals surface area contributed by atoms with Gasteiger partial charge in [0.1, 0.15) is 4.21 Å². The van der Waals surface area contributed by atoms with Crippen molar-refractivity contribution in [2.24, 2.45) is 5.92 Å². The number of fused-ring (bicyclic) bond motifs is 1. The Labute approximate surface area is 198 Å². The molecule has 1 saturated heterocycles. The molecule has 1 aromatic carbocycles. The number of esters is 1. The number of piperidine rings is 1. The normalized spacial score (nSPS) is 15.7. The van der Waals surface area contributed by atoms with Crippen LogP contribution in [-0.4, -0.2) is 49.3 Å². The summed E-state index contributed by atoms with van der Waals surface area (Å²) < 4.78 is 33.2. The number of halogens is 1. The topological polar surface area (TPSA) is 106 Å². The highest BCUT2D eigenvalue weighted by Gasteiger charge is 2.33. The van der Waals surface area contributed by atoms with Gasteiger partial charge in [-0.3, -0.25) is 4.79 Å². The van der Waals surface area contributed by atoms with Crippen LogP contribution in [-0.2, 0) is 19.6 Å². The number of ether oxygens (including phenoxy) is 1. The number of aromatic nitrogens is 1. The third kappa shape index (κ3) is 4.81. The van der Waals surface area contributed by atoms with Crippen LogP contribution < -0.4 is 5.32 Å². The van der Waals surface area contributed by atoms with Gasteiger partial charge < -0.3 is 10.1 Å². The van der Waals surface area contributed by atoms with Gasteiger partial charge >= 0.3 is 5.97 Å². The van der Waals surface area contributed by atoms with Crippen LogP contribution in [0, 0.1) is 5.92 Å². The van der Waals surface area contributed by atoms with Gasteiger partial charge in [-0.05, 0) is 50.1 Å². The minimum Gasteiger partial charge on any atom is -0.462 e. The highest BCUT2D eigenvalue weighted by atomic mass is 35.5. The molecule has 1 fully saturated rings. The molecule has 1 aliphatic heterocycles. The van der Waals surface area contributed by atoms with Crippen LogP contribution in [0.15, 0.2) is 34.5 Å². The Morgan fingerprint density at radius 3 is 2.62 bits per heavy atom. The van der Waals surface area contributed by atoms with Gasteiger partial charge in [0.2, 0.25) is 5.91 Å². The average molecular weight is 514 g/mol. The van der Waals surface area contributed by atoms with E-state index in [2.05, 4.69) is 10.3 Å². The van der Waals surface area contributed by atoms with E-state index in [1.807, 2.05) is 0 Å². The molecule has 3 aromatic rings. The van der Waals surface area contributed by atoms with Crippen LogP contribution in [0.3, 0.4) is 0 Å². The summed E-state index contributed by atoms with van der Waals surface area (Å²) in [5.41, 5.74) is 1.11. The third-order valence-electron chi connectivity index (χ3n) is 5.10.